The predicted molar refractivity (Wildman–Crippen MR) is 136 cm³/mol. The molecule has 1 aromatic carbocycles. The summed E-state index contributed by atoms with van der Waals surface area (Å²) in [6, 6.07) is 5.02. The van der Waals surface area contributed by atoms with Gasteiger partial charge in [-0.25, -0.2) is 18.8 Å². The number of hydrogen-bond acceptors (Lipinski definition) is 6. The summed E-state index contributed by atoms with van der Waals surface area (Å²) >= 11 is 6.44. The van der Waals surface area contributed by atoms with E-state index in [0.717, 1.165) is 18.2 Å². The summed E-state index contributed by atoms with van der Waals surface area (Å²) in [5.74, 6) is -1.83. The van der Waals surface area contributed by atoms with Crippen molar-refractivity contribution in [2.45, 2.75) is 39.3 Å². The molecule has 0 bridgehead atoms. The molecule has 0 amide bonds. The predicted octanol–water partition coefficient (Wildman–Crippen LogP) is 6.51. The lowest BCUT2D eigenvalue weighted by Gasteiger charge is -2.20. The van der Waals surface area contributed by atoms with Crippen molar-refractivity contribution in [2.24, 2.45) is 10.9 Å². The van der Waals surface area contributed by atoms with Crippen LogP contribution in [0.1, 0.15) is 6.92 Å². The van der Waals surface area contributed by atoms with Crippen LogP contribution >= 0.6 is 11.6 Å². The number of fused-ring (bicyclic) bond motifs is 1. The zero-order valence-corrected chi connectivity index (χ0v) is 22.0. The largest absolute Gasteiger partial charge is 0.465 e. The zero-order chi connectivity index (χ0) is 25.2. The molecule has 35 heavy (non-hydrogen) atoms. The van der Waals surface area contributed by atoms with E-state index in [2.05, 4.69) is 34.9 Å². The van der Waals surface area contributed by atoms with Gasteiger partial charge in [0, 0.05) is 50.8 Å². The average molecular weight is 523 g/mol. The highest BCUT2D eigenvalue weighted by Crippen LogP contribution is 2.37. The Balaban J connectivity index is 1.53. The first-order valence-electron chi connectivity index (χ1n) is 11.4. The number of pyridine rings is 1. The van der Waals surface area contributed by atoms with Gasteiger partial charge in [0.05, 0.1) is 23.6 Å². The molecule has 1 atom stereocenters. The maximum absolute atomic E-state index is 14.9. The van der Waals surface area contributed by atoms with Gasteiger partial charge in [-0.3, -0.25) is 0 Å². The Morgan fingerprint density at radius 3 is 2.66 bits per heavy atom. The molecule has 0 fully saturated rings. The smallest absolute Gasteiger partial charge is 0.289 e. The van der Waals surface area contributed by atoms with E-state index in [1.54, 1.807) is 10.8 Å². The van der Waals surface area contributed by atoms with Crippen molar-refractivity contribution < 1.29 is 23.0 Å². The van der Waals surface area contributed by atoms with Crippen LogP contribution in [0.25, 0.3) is 11.0 Å². The van der Waals surface area contributed by atoms with Gasteiger partial charge in [-0.2, -0.15) is 0 Å². The van der Waals surface area contributed by atoms with Crippen LogP contribution in [0.4, 0.5) is 14.5 Å². The van der Waals surface area contributed by atoms with Crippen LogP contribution in [0.2, 0.25) is 30.7 Å². The van der Waals surface area contributed by atoms with E-state index < -0.39 is 25.5 Å². The Morgan fingerprint density at radius 1 is 1.26 bits per heavy atom. The topological polar surface area (TPSA) is 69.9 Å². The Hall–Kier alpha value is -2.69. The molecule has 0 aliphatic carbocycles. The van der Waals surface area contributed by atoms with Crippen LogP contribution in [0.15, 0.2) is 35.6 Å². The number of aliphatic imine (C=N–C) groups is 1. The molecule has 1 N–H and O–H groups in total. The molecule has 2 aromatic heterocycles. The molecule has 0 radical (unpaired) electrons. The van der Waals surface area contributed by atoms with E-state index in [-0.39, 0.29) is 24.2 Å². The van der Waals surface area contributed by atoms with Gasteiger partial charge in [0.2, 0.25) is 0 Å². The number of nitrogens with zero attached hydrogens (tertiary/aromatic N) is 3. The summed E-state index contributed by atoms with van der Waals surface area (Å²) in [6.45, 7) is 10.8. The van der Waals surface area contributed by atoms with E-state index in [1.807, 2.05) is 6.92 Å². The summed E-state index contributed by atoms with van der Waals surface area (Å²) in [7, 11) is -1.21. The van der Waals surface area contributed by atoms with Crippen LogP contribution in [-0.4, -0.2) is 43.4 Å². The third kappa shape index (κ3) is 6.30. The molecule has 3 heterocycles. The Morgan fingerprint density at radius 2 is 2.00 bits per heavy atom. The molecule has 1 aliphatic heterocycles. The van der Waals surface area contributed by atoms with Gasteiger partial charge < -0.3 is 24.1 Å². The first-order chi connectivity index (χ1) is 16.6. The molecule has 0 spiro atoms. The van der Waals surface area contributed by atoms with Crippen molar-refractivity contribution in [1.82, 2.24) is 9.55 Å². The fourth-order valence-electron chi connectivity index (χ4n) is 3.46. The molecule has 188 valence electrons. The van der Waals surface area contributed by atoms with Crippen molar-refractivity contribution in [1.29, 1.82) is 0 Å². The van der Waals surface area contributed by atoms with Crippen molar-refractivity contribution in [3.63, 3.8) is 0 Å². The van der Waals surface area contributed by atoms with E-state index >= 15 is 0 Å². The van der Waals surface area contributed by atoms with Gasteiger partial charge in [0.15, 0.2) is 17.4 Å². The maximum Gasteiger partial charge on any atom is 0.289 e. The highest BCUT2D eigenvalue weighted by molar-refractivity contribution is 6.76. The maximum atomic E-state index is 14.9. The van der Waals surface area contributed by atoms with Gasteiger partial charge in [0.25, 0.3) is 6.02 Å². The molecule has 0 unspecified atom stereocenters. The van der Waals surface area contributed by atoms with Gasteiger partial charge in [-0.1, -0.05) is 38.2 Å². The molecular formula is C24H29ClF2N4O3Si. The van der Waals surface area contributed by atoms with Crippen LogP contribution < -0.4 is 10.1 Å². The minimum absolute atomic E-state index is 0.167. The molecule has 11 heteroatoms. The molecule has 7 nitrogen and oxygen atoms in total. The van der Waals surface area contributed by atoms with Crippen LogP contribution in [0, 0.1) is 17.6 Å². The number of anilines is 1. The first-order valence-corrected chi connectivity index (χ1v) is 15.5. The number of hydrogen-bond donors (Lipinski definition) is 1. The summed E-state index contributed by atoms with van der Waals surface area (Å²) in [4.78, 5) is 8.58. The van der Waals surface area contributed by atoms with Crippen molar-refractivity contribution >= 4 is 42.4 Å². The quantitative estimate of drug-likeness (QED) is 0.270. The van der Waals surface area contributed by atoms with Gasteiger partial charge in [-0.05, 0) is 12.1 Å². The number of amidine groups is 1. The Bertz CT molecular complexity index is 1220. The SMILES string of the molecule is C[C@@H]1CN=C(Nc2cc(F)c(Oc3ccnc4c3c(Cl)cn4COCC[Si](C)(C)C)c(F)c2)OC1. The molecule has 1 aliphatic rings. The van der Waals surface area contributed by atoms with Crippen LogP contribution in [-0.2, 0) is 16.2 Å². The molecule has 4 rings (SSSR count). The second kappa shape index (κ2) is 10.5. The third-order valence-corrected chi connectivity index (χ3v) is 7.40. The first kappa shape index (κ1) is 25.4. The lowest BCUT2D eigenvalue weighted by atomic mass is 10.2. The van der Waals surface area contributed by atoms with Gasteiger partial charge in [-0.15, -0.1) is 0 Å². The lowest BCUT2D eigenvalue weighted by Crippen LogP contribution is -2.26. The number of aromatic nitrogens is 2. The van der Waals surface area contributed by atoms with E-state index in [1.165, 1.54) is 12.3 Å². The summed E-state index contributed by atoms with van der Waals surface area (Å²) in [5.41, 5.74) is 0.668. The Labute approximate surface area is 209 Å². The van der Waals surface area contributed by atoms with E-state index in [0.29, 0.717) is 41.7 Å². The number of nitrogens with one attached hydrogen (secondary N) is 1. The summed E-state index contributed by atoms with van der Waals surface area (Å²) in [6.07, 6.45) is 3.17. The minimum Gasteiger partial charge on any atom is -0.465 e. The Kier molecular flexibility index (Phi) is 7.63. The minimum atomic E-state index is -1.21. The monoisotopic (exact) mass is 522 g/mol. The van der Waals surface area contributed by atoms with Crippen LogP contribution in [0.3, 0.4) is 0 Å². The number of rotatable bonds is 8. The third-order valence-electron chi connectivity index (χ3n) is 5.41. The molecule has 0 saturated carbocycles. The average Bonchev–Trinajstić information content (AvgIpc) is 3.11. The van der Waals surface area contributed by atoms with E-state index in [9.17, 15) is 8.78 Å². The zero-order valence-electron chi connectivity index (χ0n) is 20.2. The normalized spacial score (nSPS) is 16.2. The van der Waals surface area contributed by atoms with Gasteiger partial charge in [0.1, 0.15) is 18.1 Å². The number of ether oxygens (including phenoxy) is 3. The van der Waals surface area contributed by atoms with Crippen molar-refractivity contribution in [3.8, 4) is 11.5 Å². The van der Waals surface area contributed by atoms with Crippen molar-refractivity contribution in [3.05, 3.63) is 47.2 Å². The highest BCUT2D eigenvalue weighted by Gasteiger charge is 2.20. The fourth-order valence-corrected chi connectivity index (χ4v) is 4.51. The van der Waals surface area contributed by atoms with Gasteiger partial charge >= 0.3 is 0 Å². The number of halogens is 3. The molecule has 0 saturated heterocycles. The fraction of sp³-hybridized carbons (Fsp3) is 0.417. The number of benzene rings is 1. The van der Waals surface area contributed by atoms with Crippen molar-refractivity contribution in [2.75, 3.05) is 25.1 Å². The standard InChI is InChI=1S/C24H29ClF2N4O3Si/c1-15-11-29-24(33-13-15)30-16-9-18(26)22(19(27)10-16)34-20-5-6-28-23-21(20)17(25)12-31(23)14-32-7-8-35(2,3)4/h5-6,9-10,12,15H,7-8,11,13-14H2,1-4H3,(H,29,30)/t15-/m1/s1. The second-order valence-corrected chi connectivity index (χ2v) is 15.9. The summed E-state index contributed by atoms with van der Waals surface area (Å²) < 4.78 is 48.4. The second-order valence-electron chi connectivity index (χ2n) is 9.86. The molecular weight excluding hydrogens is 494 g/mol. The highest BCUT2D eigenvalue weighted by atomic mass is 35.5. The lowest BCUT2D eigenvalue weighted by molar-refractivity contribution is 0.0899. The molecule has 3 aromatic rings. The van der Waals surface area contributed by atoms with E-state index in [4.69, 9.17) is 25.8 Å². The van der Waals surface area contributed by atoms with Crippen LogP contribution in [0.5, 0.6) is 11.5 Å². The summed E-state index contributed by atoms with van der Waals surface area (Å²) in [5, 5.41) is 3.59.